The summed E-state index contributed by atoms with van der Waals surface area (Å²) in [5.41, 5.74) is 0.669. The van der Waals surface area contributed by atoms with Crippen LogP contribution in [0.2, 0.25) is 10.0 Å². The number of carbonyl (C=O) groups excluding carboxylic acids is 2. The Kier molecular flexibility index (Phi) is 10.6. The standard InChI is InChI=1S/C23H28Cl2N2O5/c1-3-26-11-7-8-12-32-21-17(24)14-16(20(28)19(21)25)22(29)27-18(23(30)31-2)13-15-9-5-4-6-10-15/h4-6,9-10,14,18,26,28H,3,7-8,11-13H2,1-2H3,(H,27,29). The number of esters is 1. The van der Waals surface area contributed by atoms with Gasteiger partial charge in [-0.15, -0.1) is 0 Å². The molecule has 3 N–H and O–H groups in total. The molecule has 0 bridgehead atoms. The molecule has 2 rings (SSSR count). The fourth-order valence-corrected chi connectivity index (χ4v) is 3.59. The van der Waals surface area contributed by atoms with Gasteiger partial charge in [0.25, 0.3) is 5.91 Å². The van der Waals surface area contributed by atoms with Crippen LogP contribution in [0.3, 0.4) is 0 Å². The van der Waals surface area contributed by atoms with Crippen LogP contribution in [0.25, 0.3) is 0 Å². The van der Waals surface area contributed by atoms with Crippen molar-refractivity contribution in [3.8, 4) is 11.5 Å². The first-order valence-corrected chi connectivity index (χ1v) is 11.1. The third-order valence-corrected chi connectivity index (χ3v) is 5.34. The van der Waals surface area contributed by atoms with Crippen LogP contribution >= 0.6 is 23.2 Å². The summed E-state index contributed by atoms with van der Waals surface area (Å²) < 4.78 is 10.4. The highest BCUT2D eigenvalue weighted by molar-refractivity contribution is 6.39. The number of aromatic hydroxyl groups is 1. The van der Waals surface area contributed by atoms with Crippen molar-refractivity contribution in [2.45, 2.75) is 32.2 Å². The molecular weight excluding hydrogens is 455 g/mol. The van der Waals surface area contributed by atoms with E-state index >= 15 is 0 Å². The molecule has 1 amide bonds. The summed E-state index contributed by atoms with van der Waals surface area (Å²) in [5.74, 6) is -1.69. The Morgan fingerprint density at radius 2 is 1.88 bits per heavy atom. The van der Waals surface area contributed by atoms with Crippen LogP contribution in [0.15, 0.2) is 36.4 Å². The summed E-state index contributed by atoms with van der Waals surface area (Å²) in [6.07, 6.45) is 1.89. The SMILES string of the molecule is CCNCCCCOc1c(Cl)cc(C(=O)NC(Cc2ccccc2)C(=O)OC)c(O)c1Cl. The van der Waals surface area contributed by atoms with Gasteiger partial charge in [0, 0.05) is 6.42 Å². The normalized spacial score (nSPS) is 11.6. The third kappa shape index (κ3) is 7.29. The highest BCUT2D eigenvalue weighted by Gasteiger charge is 2.26. The molecule has 32 heavy (non-hydrogen) atoms. The molecular formula is C23H28Cl2N2O5. The van der Waals surface area contributed by atoms with Crippen molar-refractivity contribution < 1.29 is 24.2 Å². The second-order valence-corrected chi connectivity index (χ2v) is 7.83. The van der Waals surface area contributed by atoms with E-state index in [1.807, 2.05) is 37.3 Å². The van der Waals surface area contributed by atoms with Crippen LogP contribution in [0.5, 0.6) is 11.5 Å². The molecule has 1 atom stereocenters. The van der Waals surface area contributed by atoms with Crippen LogP contribution in [-0.2, 0) is 16.0 Å². The molecule has 0 aliphatic carbocycles. The number of rotatable bonds is 12. The predicted molar refractivity (Wildman–Crippen MR) is 125 cm³/mol. The van der Waals surface area contributed by atoms with Crippen LogP contribution in [-0.4, -0.2) is 49.8 Å². The lowest BCUT2D eigenvalue weighted by Gasteiger charge is -2.18. The zero-order chi connectivity index (χ0) is 23.5. The van der Waals surface area contributed by atoms with E-state index in [0.29, 0.717) is 6.61 Å². The van der Waals surface area contributed by atoms with Gasteiger partial charge in [-0.2, -0.15) is 0 Å². The fourth-order valence-electron chi connectivity index (χ4n) is 3.02. The zero-order valence-corrected chi connectivity index (χ0v) is 19.6. The van der Waals surface area contributed by atoms with E-state index in [1.54, 1.807) is 0 Å². The quantitative estimate of drug-likeness (QED) is 0.312. The largest absolute Gasteiger partial charge is 0.505 e. The van der Waals surface area contributed by atoms with Crippen molar-refractivity contribution in [3.63, 3.8) is 0 Å². The minimum absolute atomic E-state index is 0.0855. The van der Waals surface area contributed by atoms with E-state index < -0.39 is 23.7 Å². The minimum atomic E-state index is -0.959. The van der Waals surface area contributed by atoms with Crippen molar-refractivity contribution in [1.29, 1.82) is 0 Å². The number of amides is 1. The maximum atomic E-state index is 12.8. The van der Waals surface area contributed by atoms with Crippen LogP contribution < -0.4 is 15.4 Å². The molecule has 0 aromatic heterocycles. The predicted octanol–water partition coefficient (Wildman–Crippen LogP) is 3.98. The number of methoxy groups -OCH3 is 1. The van der Waals surface area contributed by atoms with Crippen molar-refractivity contribution in [2.75, 3.05) is 26.8 Å². The summed E-state index contributed by atoms with van der Waals surface area (Å²) in [6, 6.07) is 9.48. The number of phenols is 1. The lowest BCUT2D eigenvalue weighted by atomic mass is 10.1. The Morgan fingerprint density at radius 3 is 2.53 bits per heavy atom. The number of unbranched alkanes of at least 4 members (excludes halogenated alkanes) is 1. The van der Waals surface area contributed by atoms with E-state index in [4.69, 9.17) is 32.7 Å². The average Bonchev–Trinajstić information content (AvgIpc) is 2.80. The van der Waals surface area contributed by atoms with E-state index in [0.717, 1.165) is 31.5 Å². The molecule has 0 saturated carbocycles. The topological polar surface area (TPSA) is 96.9 Å². The molecule has 2 aromatic carbocycles. The lowest BCUT2D eigenvalue weighted by Crippen LogP contribution is -2.43. The number of benzene rings is 2. The highest BCUT2D eigenvalue weighted by Crippen LogP contribution is 2.42. The smallest absolute Gasteiger partial charge is 0.328 e. The number of phenolic OH excluding ortho intramolecular Hbond substituents is 1. The molecule has 1 unspecified atom stereocenters. The monoisotopic (exact) mass is 482 g/mol. The molecule has 9 heteroatoms. The van der Waals surface area contributed by atoms with Crippen LogP contribution in [0.1, 0.15) is 35.7 Å². The summed E-state index contributed by atoms with van der Waals surface area (Å²) in [6.45, 7) is 4.16. The van der Waals surface area contributed by atoms with Gasteiger partial charge in [-0.05, 0) is 37.6 Å². The number of hydrogen-bond donors (Lipinski definition) is 3. The van der Waals surface area contributed by atoms with Gasteiger partial charge in [0.2, 0.25) is 0 Å². The van der Waals surface area contributed by atoms with E-state index in [9.17, 15) is 14.7 Å². The number of carbonyl (C=O) groups is 2. The first-order chi connectivity index (χ1) is 15.4. The Labute approximate surface area is 198 Å². The number of halogens is 2. The Bertz CT molecular complexity index is 909. The van der Waals surface area contributed by atoms with Gasteiger partial charge in [-0.3, -0.25) is 4.79 Å². The van der Waals surface area contributed by atoms with Crippen molar-refractivity contribution in [2.24, 2.45) is 0 Å². The minimum Gasteiger partial charge on any atom is -0.505 e. The molecule has 0 aliphatic rings. The Morgan fingerprint density at radius 1 is 1.16 bits per heavy atom. The van der Waals surface area contributed by atoms with E-state index in [1.165, 1.54) is 13.2 Å². The molecule has 2 aromatic rings. The lowest BCUT2D eigenvalue weighted by molar-refractivity contribution is -0.142. The second kappa shape index (κ2) is 13.2. The van der Waals surface area contributed by atoms with Gasteiger partial charge >= 0.3 is 5.97 Å². The number of hydrogen-bond acceptors (Lipinski definition) is 6. The summed E-state index contributed by atoms with van der Waals surface area (Å²) in [4.78, 5) is 25.0. The van der Waals surface area contributed by atoms with Crippen molar-refractivity contribution in [1.82, 2.24) is 10.6 Å². The summed E-state index contributed by atoms with van der Waals surface area (Å²) in [7, 11) is 1.24. The number of ether oxygens (including phenoxy) is 2. The third-order valence-electron chi connectivity index (χ3n) is 4.71. The van der Waals surface area contributed by atoms with Crippen molar-refractivity contribution >= 4 is 35.1 Å². The molecule has 7 nitrogen and oxygen atoms in total. The first-order valence-electron chi connectivity index (χ1n) is 10.4. The van der Waals surface area contributed by atoms with E-state index in [-0.39, 0.29) is 27.8 Å². The first kappa shape index (κ1) is 25.8. The van der Waals surface area contributed by atoms with Crippen LogP contribution in [0.4, 0.5) is 0 Å². The zero-order valence-electron chi connectivity index (χ0n) is 18.1. The maximum absolute atomic E-state index is 12.8. The van der Waals surface area contributed by atoms with Gasteiger partial charge in [-0.1, -0.05) is 60.5 Å². The maximum Gasteiger partial charge on any atom is 0.328 e. The van der Waals surface area contributed by atoms with Gasteiger partial charge in [0.1, 0.15) is 11.1 Å². The summed E-state index contributed by atoms with van der Waals surface area (Å²) >= 11 is 12.5. The highest BCUT2D eigenvalue weighted by atomic mass is 35.5. The van der Waals surface area contributed by atoms with Gasteiger partial charge in [0.15, 0.2) is 11.5 Å². The average molecular weight is 483 g/mol. The molecule has 0 fully saturated rings. The molecule has 0 aliphatic heterocycles. The molecule has 0 radical (unpaired) electrons. The van der Waals surface area contributed by atoms with Crippen LogP contribution in [0, 0.1) is 0 Å². The Balaban J connectivity index is 2.11. The fraction of sp³-hybridized carbons (Fsp3) is 0.391. The summed E-state index contributed by atoms with van der Waals surface area (Å²) in [5, 5.41) is 16.2. The molecule has 0 heterocycles. The molecule has 0 spiro atoms. The molecule has 174 valence electrons. The van der Waals surface area contributed by atoms with Gasteiger partial charge in [0.05, 0.1) is 24.3 Å². The second-order valence-electron chi connectivity index (χ2n) is 7.05. The van der Waals surface area contributed by atoms with E-state index in [2.05, 4.69) is 10.6 Å². The van der Waals surface area contributed by atoms with Gasteiger partial charge in [-0.25, -0.2) is 4.79 Å². The van der Waals surface area contributed by atoms with Crippen molar-refractivity contribution in [3.05, 3.63) is 57.6 Å². The number of nitrogens with one attached hydrogen (secondary N) is 2. The van der Waals surface area contributed by atoms with Gasteiger partial charge < -0.3 is 25.2 Å². The molecule has 0 saturated heterocycles. The Hall–Kier alpha value is -2.48.